The van der Waals surface area contributed by atoms with Gasteiger partial charge in [-0.25, -0.2) is 0 Å². The molecule has 1 amide bonds. The number of ether oxygens (including phenoxy) is 2. The summed E-state index contributed by atoms with van der Waals surface area (Å²) in [5.74, 6) is -0.141. The fourth-order valence-electron chi connectivity index (χ4n) is 11.8. The highest BCUT2D eigenvalue weighted by atomic mass is 16.7. The Morgan fingerprint density at radius 1 is 0.415 bits per heavy atom. The minimum atomic E-state index is -1.56. The Hall–Kier alpha value is -1.59. The number of rotatable bonds is 64. The van der Waals surface area contributed by atoms with Gasteiger partial charge in [0.1, 0.15) is 24.4 Å². The van der Waals surface area contributed by atoms with Crippen molar-refractivity contribution in [2.45, 2.75) is 410 Å². The summed E-state index contributed by atoms with van der Waals surface area (Å²) in [6.45, 7) is 3.88. The van der Waals surface area contributed by atoms with E-state index in [4.69, 9.17) is 9.47 Å². The Morgan fingerprint density at radius 2 is 0.720 bits per heavy atom. The zero-order valence-electron chi connectivity index (χ0n) is 54.3. The number of carbonyl (C=O) groups is 1. The van der Waals surface area contributed by atoms with Crippen molar-refractivity contribution in [3.63, 3.8) is 0 Å². The molecule has 0 aromatic carbocycles. The highest BCUT2D eigenvalue weighted by Crippen LogP contribution is 2.24. The van der Waals surface area contributed by atoms with Crippen LogP contribution in [0.3, 0.4) is 0 Å². The van der Waals surface area contributed by atoms with Gasteiger partial charge in [0.15, 0.2) is 6.29 Å². The maximum atomic E-state index is 13.2. The van der Waals surface area contributed by atoms with Gasteiger partial charge in [0.2, 0.25) is 5.91 Å². The van der Waals surface area contributed by atoms with Crippen molar-refractivity contribution in [3.8, 4) is 0 Å². The van der Waals surface area contributed by atoms with Crippen molar-refractivity contribution in [2.24, 2.45) is 0 Å². The molecule has 1 rings (SSSR count). The lowest BCUT2D eigenvalue weighted by molar-refractivity contribution is -0.302. The van der Waals surface area contributed by atoms with Crippen molar-refractivity contribution in [2.75, 3.05) is 13.2 Å². The average Bonchev–Trinajstić information content (AvgIpc) is 3.53. The van der Waals surface area contributed by atoms with Crippen LogP contribution in [0.4, 0.5) is 0 Å². The molecule has 0 radical (unpaired) electrons. The van der Waals surface area contributed by atoms with Crippen molar-refractivity contribution in [1.29, 1.82) is 0 Å². The lowest BCUT2D eigenvalue weighted by Crippen LogP contribution is -2.60. The van der Waals surface area contributed by atoms with Gasteiger partial charge in [0, 0.05) is 6.42 Å². The molecule has 0 saturated carbocycles. The van der Waals surface area contributed by atoms with E-state index in [2.05, 4.69) is 55.6 Å². The fourth-order valence-corrected chi connectivity index (χ4v) is 11.8. The van der Waals surface area contributed by atoms with E-state index in [-0.39, 0.29) is 12.5 Å². The third-order valence-electron chi connectivity index (χ3n) is 17.5. The number of nitrogens with one attached hydrogen (secondary N) is 1. The molecule has 6 N–H and O–H groups in total. The first-order valence-electron chi connectivity index (χ1n) is 36.2. The minimum Gasteiger partial charge on any atom is -0.394 e. The fraction of sp³-hybridized carbons (Fsp3) is 0.904. The Kier molecular flexibility index (Phi) is 59.7. The Bertz CT molecular complexity index is 1390. The lowest BCUT2D eigenvalue weighted by atomic mass is 9.99. The number of amides is 1. The molecule has 1 fully saturated rings. The molecule has 1 saturated heterocycles. The van der Waals surface area contributed by atoms with Crippen LogP contribution < -0.4 is 5.32 Å². The quantitative estimate of drug-likeness (QED) is 0.0261. The molecule has 1 aliphatic heterocycles. The van der Waals surface area contributed by atoms with Gasteiger partial charge in [-0.15, -0.1) is 0 Å². The maximum Gasteiger partial charge on any atom is 0.220 e. The number of hydrogen-bond donors (Lipinski definition) is 6. The zero-order chi connectivity index (χ0) is 59.3. The SMILES string of the molecule is CCCCCCC/C=C\C/C=C\C/C=C\CCCCCCCCCCCCCCC(=O)NC(COC1OC(CO)C(O)C(O)C1O)C(O)CCCCCCCCCCCCCCCCCCCCCCCCCCCCCCCCCC. The summed E-state index contributed by atoms with van der Waals surface area (Å²) in [5.41, 5.74) is 0. The van der Waals surface area contributed by atoms with E-state index in [0.29, 0.717) is 12.8 Å². The predicted molar refractivity (Wildman–Crippen MR) is 350 cm³/mol. The van der Waals surface area contributed by atoms with Crippen LogP contribution in [-0.4, -0.2) is 87.5 Å². The van der Waals surface area contributed by atoms with Crippen LogP contribution >= 0.6 is 0 Å². The Balaban J connectivity index is 2.10. The molecule has 7 atom stereocenters. The summed E-state index contributed by atoms with van der Waals surface area (Å²) in [7, 11) is 0. The summed E-state index contributed by atoms with van der Waals surface area (Å²) in [4.78, 5) is 13.2. The molecule has 9 nitrogen and oxygen atoms in total. The van der Waals surface area contributed by atoms with Gasteiger partial charge < -0.3 is 40.3 Å². The lowest BCUT2D eigenvalue weighted by Gasteiger charge is -2.40. The number of aliphatic hydroxyl groups excluding tert-OH is 5. The summed E-state index contributed by atoms with van der Waals surface area (Å²) in [6.07, 6.45) is 76.5. The van der Waals surface area contributed by atoms with Gasteiger partial charge >= 0.3 is 0 Å². The van der Waals surface area contributed by atoms with Crippen LogP contribution in [-0.2, 0) is 14.3 Å². The number of aliphatic hydroxyl groups is 5. The van der Waals surface area contributed by atoms with E-state index >= 15 is 0 Å². The first-order chi connectivity index (χ1) is 40.3. The van der Waals surface area contributed by atoms with E-state index in [1.54, 1.807) is 0 Å². The van der Waals surface area contributed by atoms with Crippen molar-refractivity contribution in [3.05, 3.63) is 36.5 Å². The summed E-state index contributed by atoms with van der Waals surface area (Å²) in [6, 6.07) is -0.722. The number of unbranched alkanes of at least 4 members (excludes halogenated alkanes) is 48. The standard InChI is InChI=1S/C73H139NO8/c1-3-5-7-9-11-13-15-17-19-21-23-25-27-29-31-32-33-34-35-37-38-40-42-44-46-48-50-52-54-56-58-60-62-67(76)66(65-81-73-72(80)71(79)70(78)68(64-75)82-73)74-69(77)63-61-59-57-55-53-51-49-47-45-43-41-39-36-30-28-26-24-22-20-18-16-14-12-10-8-6-4-2/h16,18,22,24,28,30,66-68,70-73,75-76,78-80H,3-15,17,19-21,23,25-27,29,31-65H2,1-2H3,(H,74,77)/b18-16-,24-22-,30-28-. The molecule has 82 heavy (non-hydrogen) atoms. The van der Waals surface area contributed by atoms with Gasteiger partial charge in [0.25, 0.3) is 0 Å². The largest absolute Gasteiger partial charge is 0.394 e. The van der Waals surface area contributed by atoms with Crippen molar-refractivity contribution >= 4 is 5.91 Å². The summed E-state index contributed by atoms with van der Waals surface area (Å²) < 4.78 is 11.4. The summed E-state index contributed by atoms with van der Waals surface area (Å²) in [5, 5.41) is 55.0. The monoisotopic (exact) mass is 1160 g/mol. The topological polar surface area (TPSA) is 149 Å². The second-order valence-electron chi connectivity index (χ2n) is 25.4. The van der Waals surface area contributed by atoms with E-state index in [0.717, 1.165) is 51.4 Å². The third kappa shape index (κ3) is 50.6. The van der Waals surface area contributed by atoms with Crippen molar-refractivity contribution in [1.82, 2.24) is 5.32 Å². The van der Waals surface area contributed by atoms with E-state index in [9.17, 15) is 30.3 Å². The van der Waals surface area contributed by atoms with Gasteiger partial charge in [0.05, 0.1) is 25.4 Å². The third-order valence-corrected chi connectivity index (χ3v) is 17.5. The van der Waals surface area contributed by atoms with E-state index in [1.807, 2.05) is 0 Å². The normalized spacial score (nSPS) is 18.5. The molecule has 0 bridgehead atoms. The highest BCUT2D eigenvalue weighted by Gasteiger charge is 2.44. The number of hydrogen-bond acceptors (Lipinski definition) is 8. The Morgan fingerprint density at radius 3 is 1.06 bits per heavy atom. The molecule has 1 heterocycles. The smallest absolute Gasteiger partial charge is 0.220 e. The van der Waals surface area contributed by atoms with Crippen LogP contribution in [0.2, 0.25) is 0 Å². The average molecular weight is 1160 g/mol. The van der Waals surface area contributed by atoms with Gasteiger partial charge in [-0.05, 0) is 51.4 Å². The highest BCUT2D eigenvalue weighted by molar-refractivity contribution is 5.76. The van der Waals surface area contributed by atoms with Crippen molar-refractivity contribution < 1.29 is 39.8 Å². The van der Waals surface area contributed by atoms with Crippen LogP contribution in [0.15, 0.2) is 36.5 Å². The number of carbonyl (C=O) groups excluding carboxylic acids is 1. The van der Waals surface area contributed by atoms with Crippen LogP contribution in [0.5, 0.6) is 0 Å². The van der Waals surface area contributed by atoms with Crippen LogP contribution in [0, 0.1) is 0 Å². The zero-order valence-corrected chi connectivity index (χ0v) is 54.3. The molecule has 9 heteroatoms. The maximum absolute atomic E-state index is 13.2. The van der Waals surface area contributed by atoms with Gasteiger partial charge in [-0.1, -0.05) is 346 Å². The molecule has 484 valence electrons. The first kappa shape index (κ1) is 78.4. The van der Waals surface area contributed by atoms with Crippen LogP contribution in [0.1, 0.15) is 367 Å². The van der Waals surface area contributed by atoms with E-state index in [1.165, 1.54) is 289 Å². The molecule has 0 aliphatic carbocycles. The number of allylic oxidation sites excluding steroid dienone is 6. The molecular formula is C73H139NO8. The van der Waals surface area contributed by atoms with Gasteiger partial charge in [-0.2, -0.15) is 0 Å². The van der Waals surface area contributed by atoms with Gasteiger partial charge in [-0.3, -0.25) is 4.79 Å². The summed E-state index contributed by atoms with van der Waals surface area (Å²) >= 11 is 0. The molecule has 0 aromatic heterocycles. The molecule has 1 aliphatic rings. The molecule has 7 unspecified atom stereocenters. The predicted octanol–water partition coefficient (Wildman–Crippen LogP) is 19.8. The minimum absolute atomic E-state index is 0.136. The molecular weight excluding hydrogens is 1020 g/mol. The second kappa shape index (κ2) is 62.5. The molecule has 0 aromatic rings. The Labute approximate surface area is 508 Å². The first-order valence-corrected chi connectivity index (χ1v) is 36.2. The molecule has 0 spiro atoms. The van der Waals surface area contributed by atoms with Crippen LogP contribution in [0.25, 0.3) is 0 Å². The second-order valence-corrected chi connectivity index (χ2v) is 25.4. The van der Waals surface area contributed by atoms with E-state index < -0.39 is 49.5 Å².